The molecule has 0 saturated carbocycles. The molecule has 0 saturated heterocycles. The lowest BCUT2D eigenvalue weighted by molar-refractivity contribution is -0.150. The van der Waals surface area contributed by atoms with Gasteiger partial charge < -0.3 is 39.4 Å². The summed E-state index contributed by atoms with van der Waals surface area (Å²) in [4.78, 5) is 95.8. The van der Waals surface area contributed by atoms with Gasteiger partial charge in [-0.15, -0.1) is 0 Å². The Morgan fingerprint density at radius 2 is 1.00 bits per heavy atom. The monoisotopic (exact) mass is 902 g/mol. The quantitative estimate of drug-likeness (QED) is 0.0371. The van der Waals surface area contributed by atoms with Gasteiger partial charge in [0, 0.05) is 43.3 Å². The summed E-state index contributed by atoms with van der Waals surface area (Å²) >= 11 is -2.12. The summed E-state index contributed by atoms with van der Waals surface area (Å²) in [5.74, 6) is -5.80. The minimum atomic E-state index is -2.12. The summed E-state index contributed by atoms with van der Waals surface area (Å²) < 4.78 is 25.2. The molecule has 0 bridgehead atoms. The standard InChI is InChI=1S/C41H58N8O13S/c50-33(13-10-11-31-14-16-32(17-15-31)44-63(61)62)12-8-6-4-2-1-3-5-7-9-20-45(23-34-42-18-21-46(34)25-36(51)48(27-38(53)54)28-39(55)56)24-35-43-19-22-47(35)26-37(52)49(29-40(57)58)30-41(59)60/h14-19,21-22,44H,1-13,20,23-30H2,(H,53,54)(H,55,56)(H,57,58)(H,59,60)(H,61,62). The van der Waals surface area contributed by atoms with Crippen molar-refractivity contribution in [2.45, 2.75) is 110 Å². The van der Waals surface area contributed by atoms with Crippen molar-refractivity contribution < 1.29 is 62.7 Å². The number of ketones is 1. The number of imidazole rings is 2. The van der Waals surface area contributed by atoms with E-state index in [9.17, 15) is 58.2 Å². The largest absolute Gasteiger partial charge is 0.480 e. The van der Waals surface area contributed by atoms with Crippen LogP contribution in [0.1, 0.15) is 94.3 Å². The van der Waals surface area contributed by atoms with Crippen LogP contribution in [0.25, 0.3) is 0 Å². The normalized spacial score (nSPS) is 11.6. The van der Waals surface area contributed by atoms with Crippen LogP contribution in [0.2, 0.25) is 0 Å². The molecule has 0 aliphatic carbocycles. The third-order valence-corrected chi connectivity index (χ3v) is 10.4. The van der Waals surface area contributed by atoms with Crippen molar-refractivity contribution in [3.8, 4) is 0 Å². The van der Waals surface area contributed by atoms with Crippen LogP contribution >= 0.6 is 0 Å². The number of carboxylic acid groups (broad SMARTS) is 4. The zero-order valence-electron chi connectivity index (χ0n) is 35.2. The van der Waals surface area contributed by atoms with Crippen LogP contribution in [0.5, 0.6) is 0 Å². The number of aryl methyl sites for hydroxylation is 1. The molecule has 3 rings (SSSR count). The number of hydrogen-bond acceptors (Lipinski definition) is 11. The molecule has 0 spiro atoms. The number of amides is 2. The predicted octanol–water partition coefficient (Wildman–Crippen LogP) is 3.12. The highest BCUT2D eigenvalue weighted by atomic mass is 32.2. The number of rotatable bonds is 34. The fraction of sp³-hybridized carbons (Fsp3) is 0.537. The lowest BCUT2D eigenvalue weighted by atomic mass is 10.0. The Hall–Kier alpha value is -6.00. The molecule has 0 aliphatic heterocycles. The molecule has 63 heavy (non-hydrogen) atoms. The van der Waals surface area contributed by atoms with E-state index in [-0.39, 0.29) is 32.0 Å². The minimum absolute atomic E-state index is 0.189. The van der Waals surface area contributed by atoms with Gasteiger partial charge in [0.2, 0.25) is 11.8 Å². The molecule has 21 nitrogen and oxygen atoms in total. The molecule has 0 fully saturated rings. The second-order valence-corrected chi connectivity index (χ2v) is 15.8. The second-order valence-electron chi connectivity index (χ2n) is 15.1. The number of anilines is 1. The first-order valence-electron chi connectivity index (χ1n) is 20.7. The van der Waals surface area contributed by atoms with Crippen LogP contribution in [0.15, 0.2) is 49.1 Å². The lowest BCUT2D eigenvalue weighted by Gasteiger charge is -2.24. The Morgan fingerprint density at radius 3 is 1.43 bits per heavy atom. The number of unbranched alkanes of at least 4 members (excludes halogenated alkanes) is 8. The van der Waals surface area contributed by atoms with E-state index in [1.165, 1.54) is 33.9 Å². The summed E-state index contributed by atoms with van der Waals surface area (Å²) in [7, 11) is 0. The number of hydrogen-bond donors (Lipinski definition) is 6. The van der Waals surface area contributed by atoms with Crippen molar-refractivity contribution >= 4 is 58.4 Å². The topological polar surface area (TPSA) is 295 Å². The van der Waals surface area contributed by atoms with Gasteiger partial charge in [0.1, 0.15) is 56.7 Å². The molecule has 2 amide bonds. The van der Waals surface area contributed by atoms with Gasteiger partial charge >= 0.3 is 23.9 Å². The van der Waals surface area contributed by atoms with Gasteiger partial charge in [-0.05, 0) is 49.9 Å². The van der Waals surface area contributed by atoms with Crippen molar-refractivity contribution in [1.82, 2.24) is 33.8 Å². The zero-order valence-corrected chi connectivity index (χ0v) is 36.0. The maximum Gasteiger partial charge on any atom is 0.323 e. The van der Waals surface area contributed by atoms with Crippen LogP contribution in [0, 0.1) is 0 Å². The number of carboxylic acids is 4. The highest BCUT2D eigenvalue weighted by molar-refractivity contribution is 7.80. The van der Waals surface area contributed by atoms with Crippen LogP contribution in [-0.4, -0.2) is 137 Å². The second kappa shape index (κ2) is 27.8. The first-order chi connectivity index (χ1) is 30.1. The number of Topliss-reactive ketones (excluding diaryl/α,β-unsaturated/α-hetero) is 1. The Labute approximate surface area is 367 Å². The van der Waals surface area contributed by atoms with Crippen LogP contribution in [0.4, 0.5) is 5.69 Å². The van der Waals surface area contributed by atoms with Gasteiger partial charge in [0.05, 0.1) is 13.1 Å². The summed E-state index contributed by atoms with van der Waals surface area (Å²) in [6, 6.07) is 7.21. The number of carbonyl (C=O) groups is 7. The molecular weight excluding hydrogens is 845 g/mol. The van der Waals surface area contributed by atoms with Gasteiger partial charge in [-0.3, -0.25) is 47.7 Å². The van der Waals surface area contributed by atoms with E-state index in [2.05, 4.69) is 14.7 Å². The van der Waals surface area contributed by atoms with Gasteiger partial charge in [0.25, 0.3) is 11.3 Å². The molecule has 6 N–H and O–H groups in total. The molecule has 0 aliphatic rings. The minimum Gasteiger partial charge on any atom is -0.480 e. The van der Waals surface area contributed by atoms with Gasteiger partial charge in [-0.1, -0.05) is 57.1 Å². The van der Waals surface area contributed by atoms with E-state index in [0.717, 1.165) is 86.0 Å². The Balaban J connectivity index is 1.49. The zero-order chi connectivity index (χ0) is 46.1. The number of carbonyl (C=O) groups excluding carboxylic acids is 3. The number of benzene rings is 1. The lowest BCUT2D eigenvalue weighted by Crippen LogP contribution is -2.41. The van der Waals surface area contributed by atoms with E-state index in [0.29, 0.717) is 36.7 Å². The maximum atomic E-state index is 13.0. The van der Waals surface area contributed by atoms with Crippen molar-refractivity contribution in [2.75, 3.05) is 37.4 Å². The van der Waals surface area contributed by atoms with Crippen molar-refractivity contribution in [3.63, 3.8) is 0 Å². The molecule has 2 aromatic heterocycles. The van der Waals surface area contributed by atoms with Gasteiger partial charge in [-0.2, -0.15) is 0 Å². The van der Waals surface area contributed by atoms with Gasteiger partial charge in [-0.25, -0.2) is 14.2 Å². The third-order valence-electron chi connectivity index (χ3n) is 9.96. The van der Waals surface area contributed by atoms with Crippen LogP contribution < -0.4 is 4.72 Å². The SMILES string of the molecule is O=C(O)CN(CC(=O)O)C(=O)Cn1ccnc1CN(CCCCCCCCCCCC(=O)CCCc1ccc(NS(=O)O)cc1)Cc1nccn1CC(=O)N(CC(=O)O)CC(=O)O. The predicted molar refractivity (Wildman–Crippen MR) is 227 cm³/mol. The fourth-order valence-corrected chi connectivity index (χ4v) is 7.18. The molecule has 0 radical (unpaired) electrons. The number of aromatic nitrogens is 4. The van der Waals surface area contributed by atoms with Crippen molar-refractivity contribution in [2.24, 2.45) is 0 Å². The summed E-state index contributed by atoms with van der Waals surface area (Å²) in [5, 5.41) is 36.9. The Morgan fingerprint density at radius 1 is 0.587 bits per heavy atom. The third kappa shape index (κ3) is 21.1. The van der Waals surface area contributed by atoms with Crippen molar-refractivity contribution in [1.29, 1.82) is 0 Å². The summed E-state index contributed by atoms with van der Waals surface area (Å²) in [5.41, 5.74) is 1.61. The smallest absolute Gasteiger partial charge is 0.323 e. The average molecular weight is 903 g/mol. The number of nitrogens with one attached hydrogen (secondary N) is 1. The molecule has 346 valence electrons. The Bertz CT molecular complexity index is 1870. The molecule has 3 aromatic rings. The number of aliphatic carboxylic acids is 4. The van der Waals surface area contributed by atoms with E-state index >= 15 is 0 Å². The first kappa shape index (κ1) is 51.4. The van der Waals surface area contributed by atoms with E-state index in [4.69, 9.17) is 4.55 Å². The van der Waals surface area contributed by atoms with Crippen molar-refractivity contribution in [3.05, 3.63) is 66.3 Å². The molecule has 2 heterocycles. The number of nitrogens with zero attached hydrogens (tertiary/aromatic N) is 7. The highest BCUT2D eigenvalue weighted by Gasteiger charge is 2.24. The van der Waals surface area contributed by atoms with E-state index in [1.54, 1.807) is 12.1 Å². The van der Waals surface area contributed by atoms with Crippen LogP contribution in [-0.2, 0) is 77.4 Å². The summed E-state index contributed by atoms with van der Waals surface area (Å²) in [6.45, 7) is -2.97. The molecule has 1 aromatic carbocycles. The summed E-state index contributed by atoms with van der Waals surface area (Å²) in [6.07, 6.45) is 17.2. The van der Waals surface area contributed by atoms with Gasteiger partial charge in [0.15, 0.2) is 0 Å². The molecule has 1 unspecified atom stereocenters. The van der Waals surface area contributed by atoms with E-state index < -0.39 is 73.1 Å². The molecule has 1 atom stereocenters. The highest BCUT2D eigenvalue weighted by Crippen LogP contribution is 2.16. The Kier molecular flexibility index (Phi) is 22.7. The van der Waals surface area contributed by atoms with E-state index in [1.807, 2.05) is 17.0 Å². The maximum absolute atomic E-state index is 13.0. The molecule has 22 heteroatoms. The average Bonchev–Trinajstić information content (AvgIpc) is 3.84. The van der Waals surface area contributed by atoms with Crippen LogP contribution in [0.3, 0.4) is 0 Å². The fourth-order valence-electron chi connectivity index (χ4n) is 6.84. The first-order valence-corrected chi connectivity index (χ1v) is 21.8. The molecular formula is C41H58N8O13S.